The molecule has 17 heavy (non-hydrogen) atoms. The van der Waals surface area contributed by atoms with Crippen LogP contribution in [0.2, 0.25) is 0 Å². The number of ether oxygens (including phenoxy) is 3. The van der Waals surface area contributed by atoms with Crippen molar-refractivity contribution >= 4 is 22.5 Å². The van der Waals surface area contributed by atoms with Crippen LogP contribution in [0, 0.1) is 17.8 Å². The van der Waals surface area contributed by atoms with E-state index in [1.54, 1.807) is 0 Å². The molecule has 0 aromatic heterocycles. The summed E-state index contributed by atoms with van der Waals surface area (Å²) in [6.45, 7) is 14.8. The minimum absolute atomic E-state index is 0.493. The quantitative estimate of drug-likeness (QED) is 0.472. The Morgan fingerprint density at radius 2 is 0.941 bits per heavy atom. The molecule has 0 aromatic rings. The van der Waals surface area contributed by atoms with Gasteiger partial charge in [0.15, 0.2) is 0 Å². The van der Waals surface area contributed by atoms with Gasteiger partial charge >= 0.3 is 120 Å². The molecule has 0 N–H and O–H groups in total. The van der Waals surface area contributed by atoms with Gasteiger partial charge in [0.05, 0.1) is 0 Å². The van der Waals surface area contributed by atoms with Gasteiger partial charge in [-0.05, 0) is 0 Å². The van der Waals surface area contributed by atoms with Crippen molar-refractivity contribution in [2.24, 2.45) is 17.8 Å². The predicted molar refractivity (Wildman–Crippen MR) is 72.3 cm³/mol. The molecule has 2 radical (unpaired) electrons. The van der Waals surface area contributed by atoms with Crippen molar-refractivity contribution in [3.8, 4) is 0 Å². The summed E-state index contributed by atoms with van der Waals surface area (Å²) in [5.41, 5.74) is 0. The molecule has 102 valence electrons. The van der Waals surface area contributed by atoms with Crippen LogP contribution in [-0.4, -0.2) is 46.3 Å². The van der Waals surface area contributed by atoms with Gasteiger partial charge in [-0.3, -0.25) is 0 Å². The number of rotatable bonds is 9. The third-order valence-electron chi connectivity index (χ3n) is 1.85. The first-order chi connectivity index (χ1) is 7.75. The maximum atomic E-state index is 5.81. The maximum absolute atomic E-state index is 5.81. The zero-order chi connectivity index (χ0) is 13.5. The molecule has 0 rings (SSSR count). The van der Waals surface area contributed by atoms with E-state index in [9.17, 15) is 0 Å². The SMILES string of the molecule is CC(C)CO[C]([SnH])(OCC(C)C)OCC(C)C. The van der Waals surface area contributed by atoms with Crippen molar-refractivity contribution in [3.05, 3.63) is 0 Å². The summed E-state index contributed by atoms with van der Waals surface area (Å²) in [7, 11) is 0. The van der Waals surface area contributed by atoms with Crippen molar-refractivity contribution in [1.82, 2.24) is 0 Å². The average Bonchev–Trinajstić information content (AvgIpc) is 2.21. The third kappa shape index (κ3) is 10.3. The molecule has 0 aliphatic carbocycles. The minimum atomic E-state index is -0.774. The van der Waals surface area contributed by atoms with Crippen LogP contribution in [-0.2, 0) is 14.2 Å². The Hall–Kier alpha value is 0.679. The Balaban J connectivity index is 4.23. The molecule has 0 atom stereocenters. The van der Waals surface area contributed by atoms with Crippen LogP contribution in [0.25, 0.3) is 0 Å². The standard InChI is InChI=1S/C13H27O3.Sn.H/c1-10(2)7-14-13(15-8-11(3)4)16-9-12(5)6;;/h10-12H,7-9H2,1-6H3;;. The fourth-order valence-electron chi connectivity index (χ4n) is 0.973. The van der Waals surface area contributed by atoms with Crippen LogP contribution in [0.4, 0.5) is 0 Å². The molecule has 0 aromatic carbocycles. The first-order valence-electron chi connectivity index (χ1n) is 6.46. The van der Waals surface area contributed by atoms with E-state index in [2.05, 4.69) is 41.5 Å². The van der Waals surface area contributed by atoms with Gasteiger partial charge in [0.2, 0.25) is 0 Å². The molecular weight excluding hydrogens is 323 g/mol. The first kappa shape index (κ1) is 17.7. The summed E-state index contributed by atoms with van der Waals surface area (Å²) in [5.74, 6) is 1.48. The molecule has 0 aliphatic heterocycles. The summed E-state index contributed by atoms with van der Waals surface area (Å²) in [5, 5.41) is 0. The summed E-state index contributed by atoms with van der Waals surface area (Å²) < 4.78 is 16.6. The summed E-state index contributed by atoms with van der Waals surface area (Å²) >= 11 is 0.791. The van der Waals surface area contributed by atoms with Gasteiger partial charge in [0.1, 0.15) is 0 Å². The summed E-state index contributed by atoms with van der Waals surface area (Å²) in [6.07, 6.45) is 0. The van der Waals surface area contributed by atoms with Gasteiger partial charge in [0, 0.05) is 0 Å². The van der Waals surface area contributed by atoms with Crippen LogP contribution >= 0.6 is 0 Å². The van der Waals surface area contributed by atoms with E-state index in [1.807, 2.05) is 0 Å². The molecule has 0 saturated carbocycles. The Kier molecular flexibility index (Phi) is 9.07. The van der Waals surface area contributed by atoms with E-state index in [4.69, 9.17) is 14.2 Å². The Morgan fingerprint density at radius 1 is 0.706 bits per heavy atom. The van der Waals surface area contributed by atoms with E-state index in [0.29, 0.717) is 37.6 Å². The molecule has 0 bridgehead atoms. The zero-order valence-corrected chi connectivity index (χ0v) is 15.5. The fourth-order valence-corrected chi connectivity index (χ4v) is 1.80. The molecule has 3 nitrogen and oxygen atoms in total. The van der Waals surface area contributed by atoms with Gasteiger partial charge in [-0.25, -0.2) is 0 Å². The molecule has 0 heterocycles. The fraction of sp³-hybridized carbons (Fsp3) is 1.00. The number of hydrogen-bond donors (Lipinski definition) is 0. The van der Waals surface area contributed by atoms with Crippen molar-refractivity contribution in [2.45, 2.75) is 45.5 Å². The molecule has 0 unspecified atom stereocenters. The molecule has 0 amide bonds. The van der Waals surface area contributed by atoms with Crippen LogP contribution in [0.1, 0.15) is 41.5 Å². The molecular formula is C13H28O3Sn. The zero-order valence-electron chi connectivity index (χ0n) is 12.2. The van der Waals surface area contributed by atoms with Gasteiger partial charge < -0.3 is 0 Å². The van der Waals surface area contributed by atoms with Crippen LogP contribution in [0.15, 0.2) is 0 Å². The first-order valence-corrected chi connectivity index (χ1v) is 8.10. The molecule has 0 aliphatic rings. The normalized spacial score (nSPS) is 13.1. The van der Waals surface area contributed by atoms with E-state index in [-0.39, 0.29) is 0 Å². The summed E-state index contributed by atoms with van der Waals surface area (Å²) in [6, 6.07) is 0. The van der Waals surface area contributed by atoms with Crippen LogP contribution < -0.4 is 0 Å². The van der Waals surface area contributed by atoms with E-state index < -0.39 is 3.99 Å². The van der Waals surface area contributed by atoms with E-state index in [0.717, 1.165) is 22.5 Å². The topological polar surface area (TPSA) is 27.7 Å². The Bertz CT molecular complexity index is 162. The monoisotopic (exact) mass is 352 g/mol. The van der Waals surface area contributed by atoms with Crippen molar-refractivity contribution in [2.75, 3.05) is 19.8 Å². The van der Waals surface area contributed by atoms with Crippen LogP contribution in [0.5, 0.6) is 0 Å². The van der Waals surface area contributed by atoms with Gasteiger partial charge in [-0.2, -0.15) is 0 Å². The second kappa shape index (κ2) is 8.72. The average molecular weight is 351 g/mol. The molecule has 4 heteroatoms. The van der Waals surface area contributed by atoms with Gasteiger partial charge in [0.25, 0.3) is 0 Å². The predicted octanol–water partition coefficient (Wildman–Crippen LogP) is 2.52. The summed E-state index contributed by atoms with van der Waals surface area (Å²) in [4.78, 5) is 0. The Labute approximate surface area is 120 Å². The molecule has 0 fully saturated rings. The van der Waals surface area contributed by atoms with Crippen LogP contribution in [0.3, 0.4) is 0 Å². The second-order valence-corrected chi connectivity index (χ2v) is 7.74. The van der Waals surface area contributed by atoms with Crippen molar-refractivity contribution in [1.29, 1.82) is 0 Å². The van der Waals surface area contributed by atoms with Gasteiger partial charge in [-0.1, -0.05) is 0 Å². The molecule has 0 spiro atoms. The van der Waals surface area contributed by atoms with E-state index in [1.165, 1.54) is 0 Å². The second-order valence-electron chi connectivity index (χ2n) is 5.72. The Morgan fingerprint density at radius 3 is 1.12 bits per heavy atom. The van der Waals surface area contributed by atoms with E-state index >= 15 is 0 Å². The molecule has 0 saturated heterocycles. The van der Waals surface area contributed by atoms with Gasteiger partial charge in [-0.15, -0.1) is 0 Å². The third-order valence-corrected chi connectivity index (χ3v) is 3.28. The number of hydrogen-bond acceptors (Lipinski definition) is 3. The van der Waals surface area contributed by atoms with Crippen molar-refractivity contribution < 1.29 is 14.2 Å². The van der Waals surface area contributed by atoms with Crippen molar-refractivity contribution in [3.63, 3.8) is 0 Å².